The lowest BCUT2D eigenvalue weighted by Gasteiger charge is -2.42. The van der Waals surface area contributed by atoms with Crippen LogP contribution in [0, 0.1) is 0 Å². The Morgan fingerprint density at radius 2 is 1.97 bits per heavy atom. The number of piperidine rings is 1. The molecule has 0 unspecified atom stereocenters. The summed E-state index contributed by atoms with van der Waals surface area (Å²) in [6.45, 7) is 2.51. The molecule has 2 N–H and O–H groups in total. The van der Waals surface area contributed by atoms with Gasteiger partial charge in [0.2, 0.25) is 0 Å². The SMILES string of the molecule is OCCc1cnn(-c2ccnc(-c3n[nH]c4ccc(C5CCN(C6CCC6)CC5)cc34)n2)c1. The number of fused-ring (bicyclic) bond motifs is 1. The smallest absolute Gasteiger partial charge is 0.182 e. The summed E-state index contributed by atoms with van der Waals surface area (Å²) < 4.78 is 1.71. The molecule has 0 spiro atoms. The van der Waals surface area contributed by atoms with Crippen LogP contribution in [0.15, 0.2) is 42.9 Å². The van der Waals surface area contributed by atoms with E-state index in [4.69, 9.17) is 10.1 Å². The summed E-state index contributed by atoms with van der Waals surface area (Å²) in [6.07, 6.45) is 12.6. The Kier molecular flexibility index (Phi) is 5.39. The molecule has 4 aromatic rings. The van der Waals surface area contributed by atoms with Gasteiger partial charge in [-0.05, 0) is 74.4 Å². The second-order valence-corrected chi connectivity index (χ2v) is 9.28. The van der Waals surface area contributed by atoms with Gasteiger partial charge >= 0.3 is 0 Å². The van der Waals surface area contributed by atoms with Crippen LogP contribution in [0.25, 0.3) is 28.2 Å². The van der Waals surface area contributed by atoms with Gasteiger partial charge in [-0.1, -0.05) is 12.5 Å². The van der Waals surface area contributed by atoms with Crippen LogP contribution in [-0.2, 0) is 6.42 Å². The van der Waals surface area contributed by atoms with Gasteiger partial charge in [-0.25, -0.2) is 14.6 Å². The van der Waals surface area contributed by atoms with Gasteiger partial charge in [-0.3, -0.25) is 5.10 Å². The molecule has 33 heavy (non-hydrogen) atoms. The Balaban J connectivity index is 1.27. The molecule has 4 heterocycles. The maximum absolute atomic E-state index is 9.16. The molecule has 8 nitrogen and oxygen atoms in total. The summed E-state index contributed by atoms with van der Waals surface area (Å²) in [5, 5.41) is 22.3. The van der Waals surface area contributed by atoms with Crippen LogP contribution in [0.1, 0.15) is 49.1 Å². The molecule has 0 atom stereocenters. The van der Waals surface area contributed by atoms with Crippen molar-refractivity contribution < 1.29 is 5.11 Å². The Labute approximate surface area is 192 Å². The summed E-state index contributed by atoms with van der Waals surface area (Å²) in [6, 6.07) is 9.33. The predicted molar refractivity (Wildman–Crippen MR) is 126 cm³/mol. The highest BCUT2D eigenvalue weighted by Gasteiger charge is 2.29. The minimum Gasteiger partial charge on any atom is -0.396 e. The maximum atomic E-state index is 9.16. The lowest BCUT2D eigenvalue weighted by atomic mass is 9.85. The number of aromatic nitrogens is 6. The molecule has 1 aliphatic heterocycles. The van der Waals surface area contributed by atoms with Gasteiger partial charge < -0.3 is 10.0 Å². The fourth-order valence-electron chi connectivity index (χ4n) is 5.14. The number of hydrogen-bond acceptors (Lipinski definition) is 6. The van der Waals surface area contributed by atoms with E-state index in [0.717, 1.165) is 28.2 Å². The van der Waals surface area contributed by atoms with Crippen LogP contribution < -0.4 is 0 Å². The number of likely N-dealkylation sites (tertiary alicyclic amines) is 1. The van der Waals surface area contributed by atoms with Crippen molar-refractivity contribution in [3.8, 4) is 17.3 Å². The molecule has 6 rings (SSSR count). The van der Waals surface area contributed by atoms with Crippen LogP contribution in [-0.4, -0.2) is 65.7 Å². The number of aromatic amines is 1. The van der Waals surface area contributed by atoms with E-state index in [1.54, 1.807) is 17.1 Å². The standard InChI is InChI=1S/C25H29N7O/c33-13-9-17-15-27-32(16-17)23-6-10-26-25(28-23)24-21-14-19(4-5-22(21)29-30-24)18-7-11-31(12-8-18)20-2-1-3-20/h4-6,10,14-16,18,20,33H,1-3,7-9,11-13H2,(H,29,30). The molecule has 170 valence electrons. The van der Waals surface area contributed by atoms with Gasteiger partial charge in [0.15, 0.2) is 11.6 Å². The van der Waals surface area contributed by atoms with E-state index in [-0.39, 0.29) is 6.61 Å². The molecular weight excluding hydrogens is 414 g/mol. The monoisotopic (exact) mass is 443 g/mol. The van der Waals surface area contributed by atoms with Crippen LogP contribution in [0.2, 0.25) is 0 Å². The van der Waals surface area contributed by atoms with Gasteiger partial charge in [-0.2, -0.15) is 10.2 Å². The zero-order valence-electron chi connectivity index (χ0n) is 18.7. The molecule has 2 fully saturated rings. The average Bonchev–Trinajstić information content (AvgIpc) is 3.46. The van der Waals surface area contributed by atoms with Gasteiger partial charge in [0.1, 0.15) is 5.69 Å². The minimum atomic E-state index is 0.0991. The molecule has 1 aromatic carbocycles. The summed E-state index contributed by atoms with van der Waals surface area (Å²) >= 11 is 0. The first kappa shape index (κ1) is 20.5. The van der Waals surface area contributed by atoms with Crippen molar-refractivity contribution in [1.29, 1.82) is 0 Å². The first-order valence-corrected chi connectivity index (χ1v) is 12.0. The summed E-state index contributed by atoms with van der Waals surface area (Å²) in [5.74, 6) is 1.85. The Morgan fingerprint density at radius 1 is 1.09 bits per heavy atom. The van der Waals surface area contributed by atoms with E-state index in [0.29, 0.717) is 24.0 Å². The number of benzene rings is 1. The topological polar surface area (TPSA) is 95.8 Å². The van der Waals surface area contributed by atoms with E-state index in [1.807, 2.05) is 12.3 Å². The second kappa shape index (κ2) is 8.68. The van der Waals surface area contributed by atoms with Crippen LogP contribution in [0.3, 0.4) is 0 Å². The van der Waals surface area contributed by atoms with Crippen LogP contribution in [0.5, 0.6) is 0 Å². The molecule has 8 heteroatoms. The van der Waals surface area contributed by atoms with Crippen molar-refractivity contribution in [2.24, 2.45) is 0 Å². The number of H-pyrrole nitrogens is 1. The Bertz CT molecular complexity index is 1250. The summed E-state index contributed by atoms with van der Waals surface area (Å²) in [4.78, 5) is 11.9. The van der Waals surface area contributed by atoms with Crippen molar-refractivity contribution >= 4 is 10.9 Å². The second-order valence-electron chi connectivity index (χ2n) is 9.28. The average molecular weight is 444 g/mol. The molecule has 3 aromatic heterocycles. The number of hydrogen-bond donors (Lipinski definition) is 2. The van der Waals surface area contributed by atoms with Gasteiger partial charge in [0, 0.05) is 36.5 Å². The molecule has 1 aliphatic carbocycles. The fourth-order valence-corrected chi connectivity index (χ4v) is 5.14. The molecule has 1 saturated heterocycles. The molecule has 0 radical (unpaired) electrons. The quantitative estimate of drug-likeness (QED) is 0.474. The first-order valence-electron chi connectivity index (χ1n) is 12.0. The Morgan fingerprint density at radius 3 is 2.76 bits per heavy atom. The summed E-state index contributed by atoms with van der Waals surface area (Å²) in [7, 11) is 0. The maximum Gasteiger partial charge on any atom is 0.182 e. The first-order chi connectivity index (χ1) is 16.3. The Hall–Kier alpha value is -3.10. The highest BCUT2D eigenvalue weighted by Crippen LogP contribution is 2.35. The van der Waals surface area contributed by atoms with Gasteiger partial charge in [0.25, 0.3) is 0 Å². The lowest BCUT2D eigenvalue weighted by Crippen LogP contribution is -2.44. The van der Waals surface area contributed by atoms with Gasteiger partial charge in [-0.15, -0.1) is 0 Å². The molecule has 0 amide bonds. The predicted octanol–water partition coefficient (Wildman–Crippen LogP) is 3.47. The zero-order chi connectivity index (χ0) is 22.2. The van der Waals surface area contributed by atoms with Crippen molar-refractivity contribution in [1.82, 2.24) is 34.8 Å². The highest BCUT2D eigenvalue weighted by molar-refractivity contribution is 5.91. The molecular formula is C25H29N7O. The van der Waals surface area contributed by atoms with Crippen molar-refractivity contribution in [2.75, 3.05) is 19.7 Å². The lowest BCUT2D eigenvalue weighted by molar-refractivity contribution is 0.0976. The van der Waals surface area contributed by atoms with Gasteiger partial charge in [0.05, 0.1) is 11.7 Å². The van der Waals surface area contributed by atoms with Crippen molar-refractivity contribution in [3.63, 3.8) is 0 Å². The third-order valence-corrected chi connectivity index (χ3v) is 7.30. The number of aliphatic hydroxyl groups is 1. The largest absolute Gasteiger partial charge is 0.396 e. The third-order valence-electron chi connectivity index (χ3n) is 7.30. The van der Waals surface area contributed by atoms with E-state index >= 15 is 0 Å². The van der Waals surface area contributed by atoms with E-state index in [1.165, 1.54) is 50.8 Å². The van der Waals surface area contributed by atoms with Crippen molar-refractivity contribution in [2.45, 2.75) is 50.5 Å². The third kappa shape index (κ3) is 3.94. The highest BCUT2D eigenvalue weighted by atomic mass is 16.3. The van der Waals surface area contributed by atoms with Crippen molar-refractivity contribution in [3.05, 3.63) is 54.0 Å². The molecule has 1 saturated carbocycles. The number of nitrogens with one attached hydrogen (secondary N) is 1. The minimum absolute atomic E-state index is 0.0991. The van der Waals surface area contributed by atoms with E-state index < -0.39 is 0 Å². The van der Waals surface area contributed by atoms with E-state index in [9.17, 15) is 0 Å². The van der Waals surface area contributed by atoms with E-state index in [2.05, 4.69) is 43.4 Å². The number of nitrogens with zero attached hydrogens (tertiary/aromatic N) is 6. The molecule has 2 aliphatic rings. The normalized spacial score (nSPS) is 18.1. The van der Waals surface area contributed by atoms with Crippen LogP contribution in [0.4, 0.5) is 0 Å². The summed E-state index contributed by atoms with van der Waals surface area (Å²) in [5.41, 5.74) is 4.12. The molecule has 0 bridgehead atoms. The van der Waals surface area contributed by atoms with Crippen LogP contribution >= 0.6 is 0 Å². The zero-order valence-corrected chi connectivity index (χ0v) is 18.7. The number of rotatable bonds is 6. The number of aliphatic hydroxyl groups excluding tert-OH is 1. The fraction of sp³-hybridized carbons (Fsp3) is 0.440.